The third-order valence-electron chi connectivity index (χ3n) is 4.11. The minimum absolute atomic E-state index is 0.0332. The van der Waals surface area contributed by atoms with Crippen molar-refractivity contribution in [3.05, 3.63) is 40.7 Å². The van der Waals surface area contributed by atoms with Crippen molar-refractivity contribution < 1.29 is 13.2 Å². The van der Waals surface area contributed by atoms with Crippen molar-refractivity contribution in [3.8, 4) is 5.19 Å². The fraction of sp³-hybridized carbons (Fsp3) is 0.312. The van der Waals surface area contributed by atoms with Gasteiger partial charge in [0.1, 0.15) is 15.8 Å². The Morgan fingerprint density at radius 2 is 2.00 bits per heavy atom. The van der Waals surface area contributed by atoms with Gasteiger partial charge in [-0.3, -0.25) is 0 Å². The molecule has 1 aliphatic rings. The zero-order valence-corrected chi connectivity index (χ0v) is 16.3. The van der Waals surface area contributed by atoms with Crippen LogP contribution in [0.15, 0.2) is 39.9 Å². The molecule has 0 aliphatic carbocycles. The largest absolute Gasteiger partial charge is 0.467 e. The lowest BCUT2D eigenvalue weighted by molar-refractivity contribution is 0.135. The van der Waals surface area contributed by atoms with E-state index in [4.69, 9.17) is 16.3 Å². The Hall–Kier alpha value is -1.19. The van der Waals surface area contributed by atoms with Gasteiger partial charge in [0.2, 0.25) is 0 Å². The van der Waals surface area contributed by atoms with Gasteiger partial charge in [-0.15, -0.1) is 11.3 Å². The summed E-state index contributed by atoms with van der Waals surface area (Å²) in [4.78, 5) is 4.45. The van der Waals surface area contributed by atoms with Gasteiger partial charge in [0.25, 0.3) is 15.2 Å². The van der Waals surface area contributed by atoms with E-state index in [2.05, 4.69) is 4.98 Å². The Balaban J connectivity index is 1.42. The summed E-state index contributed by atoms with van der Waals surface area (Å²) in [6, 6.07) is 9.06. The molecule has 0 unspecified atom stereocenters. The van der Waals surface area contributed by atoms with Crippen LogP contribution in [0.1, 0.15) is 12.8 Å². The van der Waals surface area contributed by atoms with Crippen molar-refractivity contribution in [2.24, 2.45) is 0 Å². The van der Waals surface area contributed by atoms with E-state index in [1.807, 2.05) is 12.1 Å². The molecule has 5 nitrogen and oxygen atoms in total. The Morgan fingerprint density at radius 1 is 1.20 bits per heavy atom. The van der Waals surface area contributed by atoms with Crippen LogP contribution in [0.25, 0.3) is 10.2 Å². The molecule has 132 valence electrons. The lowest BCUT2D eigenvalue weighted by Gasteiger charge is -2.30. The molecule has 1 saturated heterocycles. The molecule has 4 rings (SSSR count). The molecule has 0 radical (unpaired) electrons. The molecule has 1 fully saturated rings. The number of hydrogen-bond donors (Lipinski definition) is 0. The zero-order valence-electron chi connectivity index (χ0n) is 13.1. The maximum atomic E-state index is 12.5. The number of nitrogens with zero attached hydrogens (tertiary/aromatic N) is 2. The summed E-state index contributed by atoms with van der Waals surface area (Å²) in [5, 5.41) is 2.98. The Labute approximate surface area is 158 Å². The van der Waals surface area contributed by atoms with Crippen LogP contribution in [-0.4, -0.2) is 36.9 Å². The fourth-order valence-corrected chi connectivity index (χ4v) is 6.61. The second-order valence-corrected chi connectivity index (χ2v) is 10.2. The summed E-state index contributed by atoms with van der Waals surface area (Å²) >= 11 is 8.86. The van der Waals surface area contributed by atoms with Crippen LogP contribution in [-0.2, 0) is 10.0 Å². The van der Waals surface area contributed by atoms with E-state index in [0.717, 1.165) is 10.2 Å². The van der Waals surface area contributed by atoms with Crippen LogP contribution >= 0.6 is 34.3 Å². The number of thiophene rings is 1. The van der Waals surface area contributed by atoms with Crippen molar-refractivity contribution in [1.82, 2.24) is 9.29 Å². The maximum absolute atomic E-state index is 12.5. The quantitative estimate of drug-likeness (QED) is 0.640. The number of rotatable bonds is 4. The van der Waals surface area contributed by atoms with Gasteiger partial charge in [0.15, 0.2) is 0 Å². The molecule has 2 aromatic heterocycles. The van der Waals surface area contributed by atoms with Gasteiger partial charge in [0.05, 0.1) is 9.72 Å². The van der Waals surface area contributed by atoms with Gasteiger partial charge < -0.3 is 4.74 Å². The molecule has 1 aliphatic heterocycles. The first-order valence-electron chi connectivity index (χ1n) is 7.79. The van der Waals surface area contributed by atoms with Crippen LogP contribution in [0.4, 0.5) is 0 Å². The summed E-state index contributed by atoms with van der Waals surface area (Å²) < 4.78 is 34.0. The number of halogens is 1. The zero-order chi connectivity index (χ0) is 17.4. The normalized spacial score (nSPS) is 17.2. The molecule has 0 saturated carbocycles. The van der Waals surface area contributed by atoms with Gasteiger partial charge in [-0.1, -0.05) is 35.1 Å². The van der Waals surface area contributed by atoms with E-state index in [1.165, 1.54) is 27.0 Å². The predicted octanol–water partition coefficient (Wildman–Crippen LogP) is 4.24. The van der Waals surface area contributed by atoms with Crippen molar-refractivity contribution >= 4 is 54.5 Å². The number of sulfonamides is 1. The molecule has 0 amide bonds. The smallest absolute Gasteiger partial charge is 0.274 e. The molecule has 0 atom stereocenters. The molecule has 1 aromatic carbocycles. The number of fused-ring (bicyclic) bond motifs is 1. The summed E-state index contributed by atoms with van der Waals surface area (Å²) in [5.74, 6) is 0. The molecular weight excluding hydrogens is 400 g/mol. The predicted molar refractivity (Wildman–Crippen MR) is 101 cm³/mol. The van der Waals surface area contributed by atoms with Crippen LogP contribution in [0.3, 0.4) is 0 Å². The van der Waals surface area contributed by atoms with E-state index in [0.29, 0.717) is 40.4 Å². The van der Waals surface area contributed by atoms with Crippen LogP contribution < -0.4 is 4.74 Å². The van der Waals surface area contributed by atoms with Gasteiger partial charge >= 0.3 is 0 Å². The molecule has 0 spiro atoms. The van der Waals surface area contributed by atoms with E-state index >= 15 is 0 Å². The van der Waals surface area contributed by atoms with E-state index in [9.17, 15) is 8.42 Å². The highest BCUT2D eigenvalue weighted by Crippen LogP contribution is 2.33. The third kappa shape index (κ3) is 3.41. The molecule has 3 heterocycles. The van der Waals surface area contributed by atoms with Gasteiger partial charge in [0, 0.05) is 13.1 Å². The summed E-state index contributed by atoms with van der Waals surface area (Å²) in [6.07, 6.45) is 1.26. The van der Waals surface area contributed by atoms with Crippen LogP contribution in [0.2, 0.25) is 5.02 Å². The number of para-hydroxylation sites is 1. The lowest BCUT2D eigenvalue weighted by atomic mass is 10.1. The van der Waals surface area contributed by atoms with Crippen molar-refractivity contribution in [1.29, 1.82) is 0 Å². The molecule has 9 heteroatoms. The van der Waals surface area contributed by atoms with E-state index in [-0.39, 0.29) is 6.10 Å². The second-order valence-electron chi connectivity index (χ2n) is 5.72. The molecule has 3 aromatic rings. The first-order chi connectivity index (χ1) is 12.0. The third-order valence-corrected chi connectivity index (χ3v) is 8.60. The average molecular weight is 415 g/mol. The molecule has 0 N–H and O–H groups in total. The Morgan fingerprint density at radius 3 is 2.68 bits per heavy atom. The van der Waals surface area contributed by atoms with E-state index < -0.39 is 10.0 Å². The van der Waals surface area contributed by atoms with E-state index in [1.54, 1.807) is 23.6 Å². The highest BCUT2D eigenvalue weighted by atomic mass is 35.5. The average Bonchev–Trinajstić information content (AvgIpc) is 3.25. The lowest BCUT2D eigenvalue weighted by Crippen LogP contribution is -2.41. The second kappa shape index (κ2) is 6.85. The SMILES string of the molecule is O=S(=O)(c1cccs1)N1CCC(Oc2nc3c(Cl)cccc3s2)CC1. The number of hydrogen-bond acceptors (Lipinski definition) is 6. The number of piperidine rings is 1. The summed E-state index contributed by atoms with van der Waals surface area (Å²) in [5.41, 5.74) is 0.752. The minimum Gasteiger partial charge on any atom is -0.467 e. The fourth-order valence-electron chi connectivity index (χ4n) is 2.82. The topological polar surface area (TPSA) is 59.5 Å². The monoisotopic (exact) mass is 414 g/mol. The van der Waals surface area contributed by atoms with Gasteiger partial charge in [-0.25, -0.2) is 13.4 Å². The Bertz CT molecular complexity index is 977. The van der Waals surface area contributed by atoms with Crippen LogP contribution in [0.5, 0.6) is 5.19 Å². The first-order valence-corrected chi connectivity index (χ1v) is 11.3. The number of thiazole rings is 1. The van der Waals surface area contributed by atoms with Gasteiger partial charge in [-0.2, -0.15) is 4.31 Å². The van der Waals surface area contributed by atoms with Crippen molar-refractivity contribution in [2.45, 2.75) is 23.2 Å². The molecule has 25 heavy (non-hydrogen) atoms. The molecule has 0 bridgehead atoms. The highest BCUT2D eigenvalue weighted by molar-refractivity contribution is 7.91. The summed E-state index contributed by atoms with van der Waals surface area (Å²) in [6.45, 7) is 0.910. The summed E-state index contributed by atoms with van der Waals surface area (Å²) in [7, 11) is -3.38. The van der Waals surface area contributed by atoms with Crippen molar-refractivity contribution in [2.75, 3.05) is 13.1 Å². The highest BCUT2D eigenvalue weighted by Gasteiger charge is 2.31. The first kappa shape index (κ1) is 17.2. The number of aromatic nitrogens is 1. The molecular formula is C16H15ClN2O3S3. The standard InChI is InChI=1S/C16H15ClN2O3S3/c17-12-3-1-4-13-15(12)18-16(24-13)22-11-6-8-19(9-7-11)25(20,21)14-5-2-10-23-14/h1-5,10-11H,6-9H2. The van der Waals surface area contributed by atoms with Crippen molar-refractivity contribution in [3.63, 3.8) is 0 Å². The minimum atomic E-state index is -3.38. The number of ether oxygens (including phenoxy) is 1. The van der Waals surface area contributed by atoms with Crippen LogP contribution in [0, 0.1) is 0 Å². The van der Waals surface area contributed by atoms with Gasteiger partial charge in [-0.05, 0) is 36.4 Å². The number of benzene rings is 1. The Kier molecular flexibility index (Phi) is 4.72. The maximum Gasteiger partial charge on any atom is 0.274 e.